The minimum atomic E-state index is 0.0654. The maximum Gasteiger partial charge on any atom is 0.0983 e. The monoisotopic (exact) mass is 273 g/mol. The van der Waals surface area contributed by atoms with Gasteiger partial charge in [-0.1, -0.05) is 0 Å². The van der Waals surface area contributed by atoms with Crippen molar-refractivity contribution in [1.29, 1.82) is 0 Å². The number of aliphatic imine (C=N–C) groups is 1. The van der Waals surface area contributed by atoms with E-state index in [9.17, 15) is 0 Å². The molecular weight excluding hydrogens is 262 g/mol. The molecule has 1 aliphatic heterocycles. The number of amidine groups is 1. The number of nitrogens with one attached hydrogen (secondary N) is 1. The van der Waals surface area contributed by atoms with E-state index in [4.69, 9.17) is 5.73 Å². The fourth-order valence-electron chi connectivity index (χ4n) is 1.42. The van der Waals surface area contributed by atoms with E-state index in [-0.39, 0.29) is 6.04 Å². The van der Waals surface area contributed by atoms with Gasteiger partial charge in [-0.25, -0.2) is 0 Å². The molecule has 0 spiro atoms. The topological polar surface area (TPSA) is 50.4 Å². The van der Waals surface area contributed by atoms with Crippen LogP contribution in [0.2, 0.25) is 0 Å². The Balaban J connectivity index is 1.98. The van der Waals surface area contributed by atoms with Gasteiger partial charge in [-0.05, 0) is 22.0 Å². The van der Waals surface area contributed by atoms with Crippen LogP contribution >= 0.6 is 27.3 Å². The number of hydrogen-bond donors (Lipinski definition) is 2. The van der Waals surface area contributed by atoms with Gasteiger partial charge >= 0.3 is 0 Å². The van der Waals surface area contributed by atoms with E-state index in [1.54, 1.807) is 11.3 Å². The van der Waals surface area contributed by atoms with Crippen molar-refractivity contribution in [3.05, 3.63) is 20.8 Å². The molecule has 0 fully saturated rings. The van der Waals surface area contributed by atoms with E-state index in [2.05, 4.69) is 37.7 Å². The average molecular weight is 274 g/mol. The maximum absolute atomic E-state index is 6.06. The maximum atomic E-state index is 6.06. The van der Waals surface area contributed by atoms with Crippen LogP contribution in [0.5, 0.6) is 0 Å². The van der Waals surface area contributed by atoms with Crippen LogP contribution in [0, 0.1) is 0 Å². The predicted octanol–water partition coefficient (Wildman–Crippen LogP) is 1.90. The molecule has 3 N–H and O–H groups in total. The molecule has 14 heavy (non-hydrogen) atoms. The van der Waals surface area contributed by atoms with Crippen molar-refractivity contribution in [3.8, 4) is 0 Å². The summed E-state index contributed by atoms with van der Waals surface area (Å²) < 4.78 is 1.11. The number of halogens is 1. The molecule has 76 valence electrons. The second-order valence-corrected chi connectivity index (χ2v) is 5.09. The molecule has 1 aromatic rings. The van der Waals surface area contributed by atoms with Crippen LogP contribution in [0.3, 0.4) is 0 Å². The number of nitrogens with two attached hydrogens (primary N) is 1. The fraction of sp³-hybridized carbons (Fsp3) is 0.444. The lowest BCUT2D eigenvalue weighted by molar-refractivity contribution is 0.765. The minimum Gasteiger partial charge on any atom is -0.372 e. The summed E-state index contributed by atoms with van der Waals surface area (Å²) in [5, 5.41) is 5.28. The molecule has 0 amide bonds. The van der Waals surface area contributed by atoms with Crippen LogP contribution in [-0.2, 0) is 0 Å². The SMILES string of the molecule is NC(CC1=NCCN1)c1cc(Br)cs1. The average Bonchev–Trinajstić information content (AvgIpc) is 2.75. The van der Waals surface area contributed by atoms with Crippen LogP contribution in [0.4, 0.5) is 0 Å². The van der Waals surface area contributed by atoms with Crippen molar-refractivity contribution in [2.45, 2.75) is 12.5 Å². The van der Waals surface area contributed by atoms with Gasteiger partial charge in [0.25, 0.3) is 0 Å². The Morgan fingerprint density at radius 3 is 3.14 bits per heavy atom. The van der Waals surface area contributed by atoms with Gasteiger partial charge in [-0.3, -0.25) is 4.99 Å². The van der Waals surface area contributed by atoms with Crippen molar-refractivity contribution in [3.63, 3.8) is 0 Å². The number of thiophene rings is 1. The third kappa shape index (κ3) is 2.34. The van der Waals surface area contributed by atoms with Gasteiger partial charge in [0.2, 0.25) is 0 Å². The summed E-state index contributed by atoms with van der Waals surface area (Å²) in [7, 11) is 0. The fourth-order valence-corrected chi connectivity index (χ4v) is 2.86. The van der Waals surface area contributed by atoms with Crippen molar-refractivity contribution in [1.82, 2.24) is 5.32 Å². The zero-order valence-electron chi connectivity index (χ0n) is 7.66. The number of hydrogen-bond acceptors (Lipinski definition) is 4. The van der Waals surface area contributed by atoms with Gasteiger partial charge in [0.1, 0.15) is 0 Å². The quantitative estimate of drug-likeness (QED) is 0.884. The minimum absolute atomic E-state index is 0.0654. The van der Waals surface area contributed by atoms with Gasteiger partial charge < -0.3 is 11.1 Å². The Labute approximate surface area is 95.5 Å². The molecule has 1 atom stereocenters. The second kappa shape index (κ2) is 4.42. The Kier molecular flexibility index (Phi) is 3.20. The number of rotatable bonds is 3. The molecular formula is C9H12BrN3S. The summed E-state index contributed by atoms with van der Waals surface area (Å²) in [5.74, 6) is 1.04. The van der Waals surface area contributed by atoms with Gasteiger partial charge in [0.15, 0.2) is 0 Å². The number of nitrogens with zero attached hydrogens (tertiary/aromatic N) is 1. The van der Waals surface area contributed by atoms with E-state index in [1.165, 1.54) is 4.88 Å². The molecule has 0 aliphatic carbocycles. The summed E-state index contributed by atoms with van der Waals surface area (Å²) in [6.45, 7) is 1.84. The molecule has 5 heteroatoms. The van der Waals surface area contributed by atoms with Crippen LogP contribution in [-0.4, -0.2) is 18.9 Å². The van der Waals surface area contributed by atoms with Crippen LogP contribution in [0.1, 0.15) is 17.3 Å². The molecule has 3 nitrogen and oxygen atoms in total. The molecule has 1 unspecified atom stereocenters. The standard InChI is InChI=1S/C9H12BrN3S/c10-6-3-8(14-5-6)7(11)4-9-12-1-2-13-9/h3,5,7H,1-2,4,11H2,(H,12,13). The highest BCUT2D eigenvalue weighted by molar-refractivity contribution is 9.10. The Bertz CT molecular complexity index is 348. The van der Waals surface area contributed by atoms with E-state index < -0.39 is 0 Å². The lowest BCUT2D eigenvalue weighted by atomic mass is 10.2. The third-order valence-corrected chi connectivity index (χ3v) is 3.94. The van der Waals surface area contributed by atoms with Gasteiger partial charge in [0.05, 0.1) is 12.4 Å². The zero-order chi connectivity index (χ0) is 9.97. The molecule has 1 aliphatic rings. The van der Waals surface area contributed by atoms with Gasteiger partial charge in [0, 0.05) is 33.7 Å². The first-order valence-electron chi connectivity index (χ1n) is 4.52. The van der Waals surface area contributed by atoms with Crippen LogP contribution < -0.4 is 11.1 Å². The molecule has 2 heterocycles. The highest BCUT2D eigenvalue weighted by Crippen LogP contribution is 2.26. The summed E-state index contributed by atoms with van der Waals surface area (Å²) in [6.07, 6.45) is 0.812. The lowest BCUT2D eigenvalue weighted by Crippen LogP contribution is -2.23. The molecule has 0 bridgehead atoms. The van der Waals surface area contributed by atoms with Crippen LogP contribution in [0.25, 0.3) is 0 Å². The molecule has 2 rings (SSSR count). The first kappa shape index (κ1) is 10.1. The predicted molar refractivity (Wildman–Crippen MR) is 63.9 cm³/mol. The molecule has 0 saturated heterocycles. The lowest BCUT2D eigenvalue weighted by Gasteiger charge is -2.09. The molecule has 0 radical (unpaired) electrons. The Morgan fingerprint density at radius 2 is 2.57 bits per heavy atom. The first-order chi connectivity index (χ1) is 6.75. The van der Waals surface area contributed by atoms with E-state index in [0.29, 0.717) is 0 Å². The second-order valence-electron chi connectivity index (χ2n) is 3.23. The Morgan fingerprint density at radius 1 is 1.71 bits per heavy atom. The third-order valence-electron chi connectivity index (χ3n) is 2.11. The van der Waals surface area contributed by atoms with Crippen molar-refractivity contribution < 1.29 is 0 Å². The zero-order valence-corrected chi connectivity index (χ0v) is 10.1. The first-order valence-corrected chi connectivity index (χ1v) is 6.19. The Hall–Kier alpha value is -0.390. The van der Waals surface area contributed by atoms with Gasteiger partial charge in [-0.2, -0.15) is 0 Å². The summed E-state index contributed by atoms with van der Waals surface area (Å²) in [5.41, 5.74) is 6.06. The van der Waals surface area contributed by atoms with Crippen molar-refractivity contribution >= 4 is 33.1 Å². The van der Waals surface area contributed by atoms with Gasteiger partial charge in [-0.15, -0.1) is 11.3 Å². The highest BCUT2D eigenvalue weighted by Gasteiger charge is 2.13. The summed E-state index contributed by atoms with van der Waals surface area (Å²) >= 11 is 5.11. The van der Waals surface area contributed by atoms with Crippen LogP contribution in [0.15, 0.2) is 20.9 Å². The smallest absolute Gasteiger partial charge is 0.0983 e. The van der Waals surface area contributed by atoms with Crippen molar-refractivity contribution in [2.24, 2.45) is 10.7 Å². The highest BCUT2D eigenvalue weighted by atomic mass is 79.9. The van der Waals surface area contributed by atoms with E-state index in [1.807, 2.05) is 0 Å². The van der Waals surface area contributed by atoms with E-state index in [0.717, 1.165) is 29.8 Å². The van der Waals surface area contributed by atoms with E-state index >= 15 is 0 Å². The summed E-state index contributed by atoms with van der Waals surface area (Å²) in [6, 6.07) is 2.14. The largest absolute Gasteiger partial charge is 0.372 e. The summed E-state index contributed by atoms with van der Waals surface area (Å²) in [4.78, 5) is 5.53. The normalized spacial score (nSPS) is 17.7. The molecule has 0 aromatic carbocycles. The van der Waals surface area contributed by atoms with Crippen molar-refractivity contribution in [2.75, 3.05) is 13.1 Å². The molecule has 1 aromatic heterocycles. The molecule has 0 saturated carbocycles.